The topological polar surface area (TPSA) is 67.9 Å². The number of nitrogens with zero attached hydrogens (tertiary/aromatic N) is 1. The Morgan fingerprint density at radius 2 is 1.76 bits per heavy atom. The maximum atomic E-state index is 13.4. The highest BCUT2D eigenvalue weighted by atomic mass is 19.3. The van der Waals surface area contributed by atoms with Crippen molar-refractivity contribution in [2.24, 2.45) is 5.92 Å². The van der Waals surface area contributed by atoms with E-state index in [1.165, 1.54) is 6.07 Å². The molecule has 2 amide bonds. The number of rotatable bonds is 7. The third kappa shape index (κ3) is 5.11. The molecule has 0 spiro atoms. The number of likely N-dealkylation sites (tertiary alicyclic amines) is 1. The van der Waals surface area contributed by atoms with Gasteiger partial charge in [0.2, 0.25) is 5.91 Å². The van der Waals surface area contributed by atoms with Crippen LogP contribution in [0.3, 0.4) is 0 Å². The van der Waals surface area contributed by atoms with Crippen molar-refractivity contribution in [3.05, 3.63) is 71.8 Å². The van der Waals surface area contributed by atoms with Crippen molar-refractivity contribution in [2.45, 2.75) is 26.0 Å². The number of para-hydroxylation sites is 1. The molecular weight excluding hydrogens is 442 g/mol. The highest BCUT2D eigenvalue weighted by molar-refractivity contribution is 6.08. The highest BCUT2D eigenvalue weighted by Crippen LogP contribution is 2.30. The lowest BCUT2D eigenvalue weighted by Gasteiger charge is -2.32. The van der Waals surface area contributed by atoms with Crippen molar-refractivity contribution in [1.82, 2.24) is 10.2 Å². The van der Waals surface area contributed by atoms with Gasteiger partial charge in [0.25, 0.3) is 5.91 Å². The Bertz CT molecular complexity index is 1180. The van der Waals surface area contributed by atoms with E-state index in [0.717, 1.165) is 10.8 Å². The first-order valence-corrected chi connectivity index (χ1v) is 11.1. The molecule has 0 aromatic heterocycles. The summed E-state index contributed by atoms with van der Waals surface area (Å²) in [5.74, 6) is -0.00912. The van der Waals surface area contributed by atoms with E-state index in [1.807, 2.05) is 24.3 Å². The molecule has 4 rings (SSSR count). The van der Waals surface area contributed by atoms with Crippen molar-refractivity contribution in [2.75, 3.05) is 20.2 Å². The summed E-state index contributed by atoms with van der Waals surface area (Å²) >= 11 is 0. The number of hydrogen-bond acceptors (Lipinski definition) is 4. The molecule has 1 atom stereocenters. The molecule has 1 heterocycles. The number of carbonyl (C=O) groups excluding carboxylic acids is 2. The van der Waals surface area contributed by atoms with Crippen LogP contribution in [0.2, 0.25) is 0 Å². The molecule has 3 aromatic rings. The number of amides is 2. The zero-order valence-corrected chi connectivity index (χ0v) is 18.8. The van der Waals surface area contributed by atoms with Gasteiger partial charge in [-0.05, 0) is 36.4 Å². The SMILES string of the molecule is COc1ccc(C(=O)N2CCC[C@H](C(=O)NCc3ccccc3OC(F)F)C2)c2ccccc12. The molecule has 1 aliphatic heterocycles. The maximum Gasteiger partial charge on any atom is 0.387 e. The van der Waals surface area contributed by atoms with Gasteiger partial charge < -0.3 is 19.7 Å². The maximum absolute atomic E-state index is 13.4. The van der Waals surface area contributed by atoms with Crippen molar-refractivity contribution in [3.8, 4) is 11.5 Å². The van der Waals surface area contributed by atoms with Gasteiger partial charge in [0, 0.05) is 36.1 Å². The molecule has 0 saturated carbocycles. The fourth-order valence-corrected chi connectivity index (χ4v) is 4.37. The molecule has 1 aliphatic rings. The van der Waals surface area contributed by atoms with Crippen LogP contribution < -0.4 is 14.8 Å². The first kappa shape index (κ1) is 23.5. The predicted molar refractivity (Wildman–Crippen MR) is 124 cm³/mol. The van der Waals surface area contributed by atoms with E-state index in [9.17, 15) is 18.4 Å². The van der Waals surface area contributed by atoms with Gasteiger partial charge in [0.1, 0.15) is 11.5 Å². The van der Waals surface area contributed by atoms with Crippen LogP contribution in [0.5, 0.6) is 11.5 Å². The molecule has 34 heavy (non-hydrogen) atoms. The van der Waals surface area contributed by atoms with Gasteiger partial charge in [0.05, 0.1) is 13.0 Å². The van der Waals surface area contributed by atoms with Crippen LogP contribution in [0.1, 0.15) is 28.8 Å². The average Bonchev–Trinajstić information content (AvgIpc) is 2.86. The van der Waals surface area contributed by atoms with Crippen LogP contribution in [0.25, 0.3) is 10.8 Å². The van der Waals surface area contributed by atoms with Crippen molar-refractivity contribution >= 4 is 22.6 Å². The second-order valence-corrected chi connectivity index (χ2v) is 8.16. The summed E-state index contributed by atoms with van der Waals surface area (Å²) in [6, 6.07) is 17.5. The summed E-state index contributed by atoms with van der Waals surface area (Å²) in [6.45, 7) is -2.02. The number of piperidine rings is 1. The molecule has 1 N–H and O–H groups in total. The first-order chi connectivity index (χ1) is 16.5. The fraction of sp³-hybridized carbons (Fsp3) is 0.308. The Morgan fingerprint density at radius 3 is 2.53 bits per heavy atom. The van der Waals surface area contributed by atoms with Crippen LogP contribution >= 0.6 is 0 Å². The van der Waals surface area contributed by atoms with Crippen LogP contribution in [0.15, 0.2) is 60.7 Å². The zero-order chi connectivity index (χ0) is 24.1. The molecule has 0 bridgehead atoms. The third-order valence-corrected chi connectivity index (χ3v) is 6.06. The molecule has 0 radical (unpaired) electrons. The van der Waals surface area contributed by atoms with Crippen molar-refractivity contribution in [1.29, 1.82) is 0 Å². The fourth-order valence-electron chi connectivity index (χ4n) is 4.37. The third-order valence-electron chi connectivity index (χ3n) is 6.06. The lowest BCUT2D eigenvalue weighted by Crippen LogP contribution is -2.45. The number of nitrogens with one attached hydrogen (secondary N) is 1. The van der Waals surface area contributed by atoms with Gasteiger partial charge in [-0.15, -0.1) is 0 Å². The minimum absolute atomic E-state index is 0.0321. The van der Waals surface area contributed by atoms with E-state index in [-0.39, 0.29) is 30.0 Å². The normalized spacial score (nSPS) is 15.9. The van der Waals surface area contributed by atoms with E-state index < -0.39 is 6.61 Å². The second kappa shape index (κ2) is 10.5. The molecule has 0 aliphatic carbocycles. The smallest absolute Gasteiger partial charge is 0.387 e. The number of benzene rings is 3. The van der Waals surface area contributed by atoms with Gasteiger partial charge in [-0.2, -0.15) is 8.78 Å². The van der Waals surface area contributed by atoms with Crippen molar-refractivity contribution in [3.63, 3.8) is 0 Å². The quantitative estimate of drug-likeness (QED) is 0.550. The number of carbonyl (C=O) groups is 2. The molecule has 1 saturated heterocycles. The molecule has 178 valence electrons. The van der Waals surface area contributed by atoms with E-state index in [2.05, 4.69) is 10.1 Å². The summed E-state index contributed by atoms with van der Waals surface area (Å²) in [6.07, 6.45) is 1.34. The predicted octanol–water partition coefficient (Wildman–Crippen LogP) is 4.62. The van der Waals surface area contributed by atoms with E-state index >= 15 is 0 Å². The number of halogens is 2. The molecule has 6 nitrogen and oxygen atoms in total. The summed E-state index contributed by atoms with van der Waals surface area (Å²) in [7, 11) is 1.59. The Hall–Kier alpha value is -3.68. The number of ether oxygens (including phenoxy) is 2. The standard InChI is InChI=1S/C26H26F2N2O4/c1-33-23-13-12-21(19-9-3-4-10-20(19)23)25(32)30-14-6-8-18(16-30)24(31)29-15-17-7-2-5-11-22(17)34-26(27)28/h2-5,7,9-13,18,26H,6,8,14-16H2,1H3,(H,29,31)/t18-/m0/s1. The number of alkyl halides is 2. The van der Waals surface area contributed by atoms with Gasteiger partial charge in [-0.3, -0.25) is 9.59 Å². The minimum Gasteiger partial charge on any atom is -0.496 e. The van der Waals surface area contributed by atoms with Crippen LogP contribution in [0.4, 0.5) is 8.78 Å². The van der Waals surface area contributed by atoms with Gasteiger partial charge in [-0.1, -0.05) is 42.5 Å². The Kier molecular flexibility index (Phi) is 7.25. The average molecular weight is 469 g/mol. The summed E-state index contributed by atoms with van der Waals surface area (Å²) in [4.78, 5) is 27.9. The van der Waals surface area contributed by atoms with E-state index in [1.54, 1.807) is 42.3 Å². The van der Waals surface area contributed by atoms with E-state index in [4.69, 9.17) is 4.74 Å². The van der Waals surface area contributed by atoms with Crippen LogP contribution in [-0.2, 0) is 11.3 Å². The summed E-state index contributed by atoms with van der Waals surface area (Å²) in [5.41, 5.74) is 1.03. The lowest BCUT2D eigenvalue weighted by molar-refractivity contribution is -0.126. The zero-order valence-electron chi connectivity index (χ0n) is 18.8. The van der Waals surface area contributed by atoms with Gasteiger partial charge in [-0.25, -0.2) is 0 Å². The molecule has 1 fully saturated rings. The number of methoxy groups -OCH3 is 1. The Morgan fingerprint density at radius 1 is 1.03 bits per heavy atom. The molecule has 8 heteroatoms. The summed E-state index contributed by atoms with van der Waals surface area (Å²) < 4.78 is 35.2. The summed E-state index contributed by atoms with van der Waals surface area (Å²) in [5, 5.41) is 4.46. The second-order valence-electron chi connectivity index (χ2n) is 8.16. The first-order valence-electron chi connectivity index (χ1n) is 11.1. The van der Waals surface area contributed by atoms with Gasteiger partial charge >= 0.3 is 6.61 Å². The molecule has 3 aromatic carbocycles. The van der Waals surface area contributed by atoms with Crippen molar-refractivity contribution < 1.29 is 27.8 Å². The number of hydrogen-bond donors (Lipinski definition) is 1. The minimum atomic E-state index is -2.94. The van der Waals surface area contributed by atoms with Crippen LogP contribution in [0, 0.1) is 5.92 Å². The largest absolute Gasteiger partial charge is 0.496 e. The Balaban J connectivity index is 1.44. The highest BCUT2D eigenvalue weighted by Gasteiger charge is 2.29. The van der Waals surface area contributed by atoms with E-state index in [0.29, 0.717) is 42.8 Å². The lowest BCUT2D eigenvalue weighted by atomic mass is 9.95. The molecular formula is C26H26F2N2O4. The van der Waals surface area contributed by atoms with Gasteiger partial charge in [0.15, 0.2) is 0 Å². The van der Waals surface area contributed by atoms with Crippen LogP contribution in [-0.4, -0.2) is 43.5 Å². The Labute approximate surface area is 196 Å². The molecule has 0 unspecified atom stereocenters. The monoisotopic (exact) mass is 468 g/mol. The number of fused-ring (bicyclic) bond motifs is 1.